The topological polar surface area (TPSA) is 29.5 Å². The van der Waals surface area contributed by atoms with Crippen molar-refractivity contribution in [1.82, 2.24) is 0 Å². The van der Waals surface area contributed by atoms with Crippen molar-refractivity contribution >= 4 is 11.6 Å². The summed E-state index contributed by atoms with van der Waals surface area (Å²) in [5, 5.41) is 9.40. The van der Waals surface area contributed by atoms with Gasteiger partial charge in [-0.25, -0.2) is 0 Å². The summed E-state index contributed by atoms with van der Waals surface area (Å²) in [5.41, 5.74) is 1.07. The fourth-order valence-electron chi connectivity index (χ4n) is 1.17. The van der Waals surface area contributed by atoms with Gasteiger partial charge in [0.2, 0.25) is 0 Å². The largest absolute Gasteiger partial charge is 0.504 e. The third kappa shape index (κ3) is 2.81. The molecule has 3 heteroatoms. The first-order valence-electron chi connectivity index (χ1n) is 4.13. The van der Waals surface area contributed by atoms with Crippen LogP contribution in [0.3, 0.4) is 0 Å². The van der Waals surface area contributed by atoms with Crippen LogP contribution in [0.1, 0.15) is 12.5 Å². The van der Waals surface area contributed by atoms with E-state index in [9.17, 15) is 5.11 Å². The van der Waals surface area contributed by atoms with Crippen molar-refractivity contribution in [2.45, 2.75) is 18.7 Å². The third-order valence-corrected chi connectivity index (χ3v) is 1.92. The van der Waals surface area contributed by atoms with E-state index in [1.807, 2.05) is 13.0 Å². The van der Waals surface area contributed by atoms with Gasteiger partial charge in [-0.1, -0.05) is 6.07 Å². The van der Waals surface area contributed by atoms with Crippen LogP contribution in [-0.2, 0) is 6.42 Å². The predicted octanol–water partition coefficient (Wildman–Crippen LogP) is 2.57. The van der Waals surface area contributed by atoms with Crippen molar-refractivity contribution in [3.05, 3.63) is 23.8 Å². The fourth-order valence-corrected chi connectivity index (χ4v) is 1.35. The molecule has 0 aliphatic rings. The Morgan fingerprint density at radius 2 is 2.23 bits per heavy atom. The Labute approximate surface area is 83.1 Å². The highest BCUT2D eigenvalue weighted by atomic mass is 35.5. The molecule has 2 nitrogen and oxygen atoms in total. The van der Waals surface area contributed by atoms with Crippen LogP contribution >= 0.6 is 11.6 Å². The van der Waals surface area contributed by atoms with Crippen molar-refractivity contribution in [3.63, 3.8) is 0 Å². The molecule has 0 fully saturated rings. The summed E-state index contributed by atoms with van der Waals surface area (Å²) < 4.78 is 4.97. The minimum absolute atomic E-state index is 0.0919. The van der Waals surface area contributed by atoms with Crippen molar-refractivity contribution in [1.29, 1.82) is 0 Å². The van der Waals surface area contributed by atoms with Gasteiger partial charge in [0.15, 0.2) is 11.5 Å². The second kappa shape index (κ2) is 4.38. The third-order valence-electron chi connectivity index (χ3n) is 1.76. The molecule has 0 spiro atoms. The van der Waals surface area contributed by atoms with Crippen LogP contribution in [0, 0.1) is 0 Å². The summed E-state index contributed by atoms with van der Waals surface area (Å²) in [6.07, 6.45) is 0.776. The number of alkyl halides is 1. The predicted molar refractivity (Wildman–Crippen MR) is 53.7 cm³/mol. The van der Waals surface area contributed by atoms with Gasteiger partial charge < -0.3 is 9.84 Å². The number of rotatable bonds is 3. The van der Waals surface area contributed by atoms with E-state index in [-0.39, 0.29) is 11.1 Å². The molecule has 0 heterocycles. The summed E-state index contributed by atoms with van der Waals surface area (Å²) in [6.45, 7) is 1.93. The average molecular weight is 201 g/mol. The summed E-state index contributed by atoms with van der Waals surface area (Å²) in [5.74, 6) is 0.656. The van der Waals surface area contributed by atoms with Gasteiger partial charge in [-0.2, -0.15) is 0 Å². The first-order valence-corrected chi connectivity index (χ1v) is 4.57. The van der Waals surface area contributed by atoms with E-state index in [4.69, 9.17) is 16.3 Å². The SMILES string of the molecule is COc1cc(CC(C)Cl)ccc1O. The van der Waals surface area contributed by atoms with Gasteiger partial charge in [0.1, 0.15) is 0 Å². The van der Waals surface area contributed by atoms with E-state index in [0.29, 0.717) is 5.75 Å². The zero-order valence-corrected chi connectivity index (χ0v) is 8.51. The van der Waals surface area contributed by atoms with Crippen molar-refractivity contribution in [2.24, 2.45) is 0 Å². The van der Waals surface area contributed by atoms with E-state index in [1.54, 1.807) is 12.1 Å². The lowest BCUT2D eigenvalue weighted by molar-refractivity contribution is 0.373. The molecule has 0 saturated heterocycles. The molecule has 1 aromatic carbocycles. The van der Waals surface area contributed by atoms with Gasteiger partial charge in [0, 0.05) is 5.38 Å². The van der Waals surface area contributed by atoms with Crippen LogP contribution in [0.15, 0.2) is 18.2 Å². The average Bonchev–Trinajstić information content (AvgIpc) is 2.07. The van der Waals surface area contributed by atoms with Crippen molar-refractivity contribution in [2.75, 3.05) is 7.11 Å². The highest BCUT2D eigenvalue weighted by molar-refractivity contribution is 6.20. The molecular weight excluding hydrogens is 188 g/mol. The summed E-state index contributed by atoms with van der Waals surface area (Å²) in [6, 6.07) is 5.26. The maximum atomic E-state index is 9.31. The molecule has 0 aliphatic heterocycles. The first kappa shape index (κ1) is 10.2. The number of ether oxygens (including phenoxy) is 1. The van der Waals surface area contributed by atoms with Gasteiger partial charge in [-0.05, 0) is 31.0 Å². The standard InChI is InChI=1S/C10H13ClO2/c1-7(11)5-8-3-4-9(12)10(6-8)13-2/h3-4,6-7,12H,5H2,1-2H3. The van der Waals surface area contributed by atoms with Crippen LogP contribution in [0.2, 0.25) is 0 Å². The lowest BCUT2D eigenvalue weighted by Crippen LogP contribution is -1.97. The monoisotopic (exact) mass is 200 g/mol. The van der Waals surface area contributed by atoms with E-state index in [2.05, 4.69) is 0 Å². The number of hydrogen-bond donors (Lipinski definition) is 1. The molecule has 13 heavy (non-hydrogen) atoms. The Kier molecular flexibility index (Phi) is 3.43. The highest BCUT2D eigenvalue weighted by Gasteiger charge is 2.04. The zero-order valence-electron chi connectivity index (χ0n) is 7.75. The van der Waals surface area contributed by atoms with Gasteiger partial charge in [0.05, 0.1) is 7.11 Å². The molecular formula is C10H13ClO2. The molecule has 1 aromatic rings. The Morgan fingerprint density at radius 3 is 2.77 bits per heavy atom. The number of methoxy groups -OCH3 is 1. The molecule has 1 unspecified atom stereocenters. The molecule has 72 valence electrons. The minimum Gasteiger partial charge on any atom is -0.504 e. The Morgan fingerprint density at radius 1 is 1.54 bits per heavy atom. The highest BCUT2D eigenvalue weighted by Crippen LogP contribution is 2.26. The Bertz CT molecular complexity index is 284. The number of phenolic OH excluding ortho intramolecular Hbond substituents is 1. The van der Waals surface area contributed by atoms with E-state index in [0.717, 1.165) is 12.0 Å². The minimum atomic E-state index is 0.0919. The first-order chi connectivity index (χ1) is 6.13. The van der Waals surface area contributed by atoms with Crippen LogP contribution in [0.4, 0.5) is 0 Å². The van der Waals surface area contributed by atoms with Gasteiger partial charge >= 0.3 is 0 Å². The zero-order chi connectivity index (χ0) is 9.84. The molecule has 0 amide bonds. The second-order valence-corrected chi connectivity index (χ2v) is 3.74. The normalized spacial score (nSPS) is 12.5. The van der Waals surface area contributed by atoms with E-state index >= 15 is 0 Å². The molecule has 1 atom stereocenters. The lowest BCUT2D eigenvalue weighted by Gasteiger charge is -2.07. The maximum Gasteiger partial charge on any atom is 0.160 e. The summed E-state index contributed by atoms with van der Waals surface area (Å²) in [4.78, 5) is 0. The number of benzene rings is 1. The smallest absolute Gasteiger partial charge is 0.160 e. The van der Waals surface area contributed by atoms with Crippen LogP contribution in [0.5, 0.6) is 11.5 Å². The lowest BCUT2D eigenvalue weighted by atomic mass is 10.1. The van der Waals surface area contributed by atoms with Crippen molar-refractivity contribution < 1.29 is 9.84 Å². The van der Waals surface area contributed by atoms with Gasteiger partial charge in [-0.15, -0.1) is 11.6 Å². The molecule has 1 N–H and O–H groups in total. The quantitative estimate of drug-likeness (QED) is 0.760. The summed E-state index contributed by atoms with van der Waals surface area (Å²) in [7, 11) is 1.53. The van der Waals surface area contributed by atoms with E-state index in [1.165, 1.54) is 7.11 Å². The van der Waals surface area contributed by atoms with Crippen LogP contribution in [-0.4, -0.2) is 17.6 Å². The number of aromatic hydroxyl groups is 1. The molecule has 0 radical (unpaired) electrons. The number of phenols is 1. The molecule has 0 saturated carbocycles. The second-order valence-electron chi connectivity index (χ2n) is 2.99. The van der Waals surface area contributed by atoms with Gasteiger partial charge in [0.25, 0.3) is 0 Å². The molecule has 0 aromatic heterocycles. The van der Waals surface area contributed by atoms with Crippen molar-refractivity contribution in [3.8, 4) is 11.5 Å². The molecule has 0 aliphatic carbocycles. The Hall–Kier alpha value is -0.890. The molecule has 1 rings (SSSR count). The molecule has 0 bridgehead atoms. The fraction of sp³-hybridized carbons (Fsp3) is 0.400. The Balaban J connectivity index is 2.86. The van der Waals surface area contributed by atoms with Crippen LogP contribution in [0.25, 0.3) is 0 Å². The maximum absolute atomic E-state index is 9.31. The number of halogens is 1. The van der Waals surface area contributed by atoms with E-state index < -0.39 is 0 Å². The number of hydrogen-bond acceptors (Lipinski definition) is 2. The van der Waals surface area contributed by atoms with Gasteiger partial charge in [-0.3, -0.25) is 0 Å². The summed E-state index contributed by atoms with van der Waals surface area (Å²) >= 11 is 5.84. The van der Waals surface area contributed by atoms with Crippen LogP contribution < -0.4 is 4.74 Å².